The van der Waals surface area contributed by atoms with Gasteiger partial charge in [0.1, 0.15) is 0 Å². The van der Waals surface area contributed by atoms with Gasteiger partial charge in [-0.25, -0.2) is 9.79 Å². The number of piperazine rings is 1. The van der Waals surface area contributed by atoms with Gasteiger partial charge in [0.2, 0.25) is 5.96 Å². The van der Waals surface area contributed by atoms with E-state index >= 15 is 0 Å². The van der Waals surface area contributed by atoms with Gasteiger partial charge in [0.25, 0.3) is 0 Å². The molecule has 2 aromatic carbocycles. The van der Waals surface area contributed by atoms with Crippen LogP contribution in [0.5, 0.6) is 0 Å². The number of guanidine groups is 1. The van der Waals surface area contributed by atoms with Gasteiger partial charge in [-0.3, -0.25) is 5.32 Å². The van der Waals surface area contributed by atoms with Crippen LogP contribution in [0.25, 0.3) is 0 Å². The molecule has 7 rings (SSSR count). The summed E-state index contributed by atoms with van der Waals surface area (Å²) in [5, 5.41) is 3.33. The number of nitrogens with zero attached hydrogens (tertiary/aromatic N) is 3. The molecule has 2 amide bonds. The number of anilines is 1. The Labute approximate surface area is 224 Å². The highest BCUT2D eigenvalue weighted by Crippen LogP contribution is 2.60. The molecule has 1 aliphatic heterocycles. The van der Waals surface area contributed by atoms with Gasteiger partial charge in [0.15, 0.2) is 0 Å². The van der Waals surface area contributed by atoms with Crippen molar-refractivity contribution in [3.8, 4) is 0 Å². The monoisotopic (exact) mass is 527 g/mol. The summed E-state index contributed by atoms with van der Waals surface area (Å²) in [5.41, 5.74) is 9.84. The second-order valence-electron chi connectivity index (χ2n) is 11.1. The van der Waals surface area contributed by atoms with E-state index in [-0.39, 0.29) is 24.4 Å². The molecule has 4 saturated carbocycles. The molecule has 1 saturated heterocycles. The number of halogens is 2. The summed E-state index contributed by atoms with van der Waals surface area (Å²) < 4.78 is 0. The Kier molecular flexibility index (Phi) is 7.10. The van der Waals surface area contributed by atoms with Crippen molar-refractivity contribution in [2.45, 2.75) is 43.9 Å². The minimum Gasteiger partial charge on any atom is -0.369 e. The third-order valence-electron chi connectivity index (χ3n) is 8.76. The third kappa shape index (κ3) is 5.03. The van der Waals surface area contributed by atoms with Crippen LogP contribution in [0.1, 0.15) is 44.1 Å². The molecule has 36 heavy (non-hydrogen) atoms. The second-order valence-corrected chi connectivity index (χ2v) is 11.6. The molecule has 2 aromatic rings. The molecule has 4 bridgehead atoms. The lowest BCUT2D eigenvalue weighted by Crippen LogP contribution is -2.53. The van der Waals surface area contributed by atoms with Gasteiger partial charge in [-0.1, -0.05) is 23.7 Å². The topological polar surface area (TPSA) is 74.0 Å². The Hall–Kier alpha value is -2.44. The molecule has 0 aromatic heterocycles. The molecule has 0 radical (unpaired) electrons. The largest absolute Gasteiger partial charge is 0.369 e. The predicted molar refractivity (Wildman–Crippen MR) is 149 cm³/mol. The summed E-state index contributed by atoms with van der Waals surface area (Å²) in [4.78, 5) is 21.1. The van der Waals surface area contributed by atoms with E-state index in [1.165, 1.54) is 44.2 Å². The van der Waals surface area contributed by atoms with E-state index in [2.05, 4.69) is 39.5 Å². The van der Waals surface area contributed by atoms with Crippen molar-refractivity contribution < 1.29 is 4.79 Å². The number of urea groups is 1. The Morgan fingerprint density at radius 3 is 2.00 bits per heavy atom. The van der Waals surface area contributed by atoms with Crippen LogP contribution in [0.15, 0.2) is 53.5 Å². The molecule has 192 valence electrons. The highest BCUT2D eigenvalue weighted by Gasteiger charge is 2.51. The second kappa shape index (κ2) is 10.1. The number of nitrogens with one attached hydrogen (secondary N) is 1. The first kappa shape index (κ1) is 25.2. The average Bonchev–Trinajstić information content (AvgIpc) is 2.85. The number of rotatable bonds is 3. The van der Waals surface area contributed by atoms with E-state index in [4.69, 9.17) is 17.3 Å². The zero-order chi connectivity index (χ0) is 24.0. The lowest BCUT2D eigenvalue weighted by atomic mass is 9.48. The van der Waals surface area contributed by atoms with Crippen LogP contribution in [0.3, 0.4) is 0 Å². The molecule has 6 nitrogen and oxygen atoms in total. The van der Waals surface area contributed by atoms with E-state index in [1.54, 1.807) is 34.7 Å². The van der Waals surface area contributed by atoms with E-state index in [9.17, 15) is 4.79 Å². The normalized spacial score (nSPS) is 29.1. The van der Waals surface area contributed by atoms with Crippen molar-refractivity contribution >= 4 is 47.4 Å². The van der Waals surface area contributed by atoms with Crippen LogP contribution in [0.2, 0.25) is 5.02 Å². The number of aliphatic imine (C=N–C) groups is 1. The van der Waals surface area contributed by atoms with Crippen LogP contribution >= 0.6 is 24.0 Å². The van der Waals surface area contributed by atoms with Gasteiger partial charge in [-0.05, 0) is 104 Å². The number of amides is 2. The standard InChI is InChI=1S/C28H34ClN5O.ClH/c29-23-3-5-24(6-4-23)31-26(30)32-27(35)34-11-9-33(10-12-34)25-7-1-22(2-8-25)28-16-19-13-20(17-28)15-21(14-19)18-28;/h1-8,19-21H,9-18H2,(H3,30,31,32,35);1H. The quantitative estimate of drug-likeness (QED) is 0.396. The highest BCUT2D eigenvalue weighted by molar-refractivity contribution is 6.30. The Bertz CT molecular complexity index is 1070. The van der Waals surface area contributed by atoms with Gasteiger partial charge < -0.3 is 15.5 Å². The molecule has 5 aliphatic rings. The first-order valence-electron chi connectivity index (χ1n) is 13.0. The molecule has 0 spiro atoms. The van der Waals surface area contributed by atoms with E-state index in [0.29, 0.717) is 29.2 Å². The first-order chi connectivity index (χ1) is 17.0. The SMILES string of the molecule is Cl.NC(=Nc1ccc(Cl)cc1)NC(=O)N1CCN(c2ccc(C34CC5CC(CC(C5)C3)C4)cc2)CC1. The minimum absolute atomic E-state index is 0. The van der Waals surface area contributed by atoms with Gasteiger partial charge in [-0.2, -0.15) is 0 Å². The minimum atomic E-state index is -0.211. The van der Waals surface area contributed by atoms with Gasteiger partial charge >= 0.3 is 6.03 Å². The number of carbonyl (C=O) groups is 1. The zero-order valence-electron chi connectivity index (χ0n) is 20.5. The fraction of sp³-hybridized carbons (Fsp3) is 0.500. The molecular formula is C28H35Cl2N5O. The fourth-order valence-electron chi connectivity index (χ4n) is 7.53. The van der Waals surface area contributed by atoms with Crippen LogP contribution in [-0.2, 0) is 5.41 Å². The third-order valence-corrected chi connectivity index (χ3v) is 9.01. The van der Waals surface area contributed by atoms with E-state index < -0.39 is 0 Å². The molecule has 0 atom stereocenters. The smallest absolute Gasteiger partial charge is 0.324 e. The summed E-state index contributed by atoms with van der Waals surface area (Å²) >= 11 is 5.90. The highest BCUT2D eigenvalue weighted by atomic mass is 35.5. The van der Waals surface area contributed by atoms with Gasteiger partial charge in [0, 0.05) is 36.9 Å². The van der Waals surface area contributed by atoms with Crippen molar-refractivity contribution in [1.29, 1.82) is 0 Å². The van der Waals surface area contributed by atoms with Gasteiger partial charge in [-0.15, -0.1) is 12.4 Å². The fourth-order valence-corrected chi connectivity index (χ4v) is 7.66. The van der Waals surface area contributed by atoms with Gasteiger partial charge in [0.05, 0.1) is 5.69 Å². The molecular weight excluding hydrogens is 493 g/mol. The maximum Gasteiger partial charge on any atom is 0.324 e. The van der Waals surface area contributed by atoms with E-state index in [0.717, 1.165) is 30.8 Å². The van der Waals surface area contributed by atoms with Crippen LogP contribution < -0.4 is 16.0 Å². The predicted octanol–water partition coefficient (Wildman–Crippen LogP) is 5.71. The molecule has 0 unspecified atom stereocenters. The van der Waals surface area contributed by atoms with Crippen molar-refractivity contribution in [1.82, 2.24) is 10.2 Å². The Morgan fingerprint density at radius 2 is 1.44 bits per heavy atom. The zero-order valence-corrected chi connectivity index (χ0v) is 22.1. The number of hydrogen-bond acceptors (Lipinski definition) is 3. The number of hydrogen-bond donors (Lipinski definition) is 2. The average molecular weight is 529 g/mol. The van der Waals surface area contributed by atoms with Crippen LogP contribution in [0.4, 0.5) is 16.2 Å². The molecule has 8 heteroatoms. The summed E-state index contributed by atoms with van der Waals surface area (Å²) in [7, 11) is 0. The maximum absolute atomic E-state index is 12.7. The van der Waals surface area contributed by atoms with Crippen molar-refractivity contribution in [3.05, 3.63) is 59.1 Å². The van der Waals surface area contributed by atoms with Crippen molar-refractivity contribution in [2.75, 3.05) is 31.1 Å². The van der Waals surface area contributed by atoms with E-state index in [1.807, 2.05) is 0 Å². The number of nitrogens with two attached hydrogens (primary N) is 1. The molecule has 1 heterocycles. The Balaban J connectivity index is 0.00000267. The number of carbonyl (C=O) groups excluding carboxylic acids is 1. The van der Waals surface area contributed by atoms with Crippen LogP contribution in [-0.4, -0.2) is 43.1 Å². The van der Waals surface area contributed by atoms with Crippen molar-refractivity contribution in [3.63, 3.8) is 0 Å². The lowest BCUT2D eigenvalue weighted by Gasteiger charge is -2.57. The first-order valence-corrected chi connectivity index (χ1v) is 13.3. The number of benzene rings is 2. The summed E-state index contributed by atoms with van der Waals surface area (Å²) in [5.74, 6) is 2.97. The maximum atomic E-state index is 12.7. The Morgan fingerprint density at radius 1 is 0.889 bits per heavy atom. The summed E-state index contributed by atoms with van der Waals surface area (Å²) in [6, 6.07) is 16.2. The molecule has 5 fully saturated rings. The van der Waals surface area contributed by atoms with Crippen molar-refractivity contribution in [2.24, 2.45) is 28.5 Å². The molecule has 4 aliphatic carbocycles. The molecule has 3 N–H and O–H groups in total. The van der Waals surface area contributed by atoms with Crippen LogP contribution in [0, 0.1) is 17.8 Å². The summed E-state index contributed by atoms with van der Waals surface area (Å²) in [6.45, 7) is 2.91. The summed E-state index contributed by atoms with van der Waals surface area (Å²) in [6.07, 6.45) is 8.64. The lowest BCUT2D eigenvalue weighted by molar-refractivity contribution is -0.00518.